The number of halogens is 1. The molecule has 2 aromatic carbocycles. The molecule has 1 atom stereocenters. The highest BCUT2D eigenvalue weighted by Gasteiger charge is 2.08. The van der Waals surface area contributed by atoms with Crippen molar-refractivity contribution in [1.29, 1.82) is 0 Å². The van der Waals surface area contributed by atoms with E-state index in [4.69, 9.17) is 0 Å². The third kappa shape index (κ3) is 4.50. The van der Waals surface area contributed by atoms with E-state index in [2.05, 4.69) is 78.3 Å². The number of alkyl halides is 1. The van der Waals surface area contributed by atoms with E-state index in [0.29, 0.717) is 4.83 Å². The molecule has 1 unspecified atom stereocenters. The van der Waals surface area contributed by atoms with Gasteiger partial charge in [0.2, 0.25) is 0 Å². The van der Waals surface area contributed by atoms with Crippen LogP contribution in [-0.4, -0.2) is 4.83 Å². The first kappa shape index (κ1) is 14.3. The Kier molecular flexibility index (Phi) is 5.21. The lowest BCUT2D eigenvalue weighted by Gasteiger charge is -2.12. The number of aryl methyl sites for hydroxylation is 3. The zero-order chi connectivity index (χ0) is 13.7. The molecule has 0 aliphatic carbocycles. The first-order valence-electron chi connectivity index (χ1n) is 6.89. The molecule has 2 aromatic rings. The molecule has 0 aliphatic rings. The average molecular weight is 317 g/mol. The molecule has 0 aromatic heterocycles. The monoisotopic (exact) mass is 316 g/mol. The molecule has 0 fully saturated rings. The van der Waals surface area contributed by atoms with Crippen molar-refractivity contribution in [3.63, 3.8) is 0 Å². The summed E-state index contributed by atoms with van der Waals surface area (Å²) >= 11 is 3.83. The lowest BCUT2D eigenvalue weighted by Crippen LogP contribution is -2.06. The van der Waals surface area contributed by atoms with Gasteiger partial charge in [-0.05, 0) is 49.8 Å². The van der Waals surface area contributed by atoms with E-state index in [0.717, 1.165) is 12.8 Å². The van der Waals surface area contributed by atoms with Gasteiger partial charge in [0.1, 0.15) is 0 Å². The normalized spacial score (nSPS) is 12.4. The maximum absolute atomic E-state index is 3.83. The number of rotatable bonds is 5. The van der Waals surface area contributed by atoms with Crippen molar-refractivity contribution >= 4 is 15.9 Å². The predicted molar refractivity (Wildman–Crippen MR) is 87.1 cm³/mol. The summed E-state index contributed by atoms with van der Waals surface area (Å²) in [5, 5.41) is 0. The van der Waals surface area contributed by atoms with Crippen LogP contribution in [0.5, 0.6) is 0 Å². The summed E-state index contributed by atoms with van der Waals surface area (Å²) in [7, 11) is 0. The van der Waals surface area contributed by atoms with E-state index in [1.165, 1.54) is 28.7 Å². The van der Waals surface area contributed by atoms with Gasteiger partial charge in [-0.2, -0.15) is 0 Å². The number of hydrogen-bond donors (Lipinski definition) is 0. The zero-order valence-corrected chi connectivity index (χ0v) is 13.3. The Bertz CT molecular complexity index is 516. The van der Waals surface area contributed by atoms with Crippen LogP contribution in [0.15, 0.2) is 48.5 Å². The van der Waals surface area contributed by atoms with E-state index >= 15 is 0 Å². The molecule has 0 bridgehead atoms. The summed E-state index contributed by atoms with van der Waals surface area (Å²) < 4.78 is 0. The van der Waals surface area contributed by atoms with E-state index in [9.17, 15) is 0 Å². The highest BCUT2D eigenvalue weighted by atomic mass is 79.9. The van der Waals surface area contributed by atoms with Crippen molar-refractivity contribution in [3.8, 4) is 0 Å². The smallest absolute Gasteiger partial charge is 0.0189 e. The Hall–Kier alpha value is -1.08. The molecule has 19 heavy (non-hydrogen) atoms. The zero-order valence-electron chi connectivity index (χ0n) is 11.7. The molecular formula is C18H21Br. The van der Waals surface area contributed by atoms with Crippen molar-refractivity contribution in [2.24, 2.45) is 0 Å². The Morgan fingerprint density at radius 3 is 2.47 bits per heavy atom. The van der Waals surface area contributed by atoms with E-state index in [1.807, 2.05) is 0 Å². The second-order valence-electron chi connectivity index (χ2n) is 5.26. The Morgan fingerprint density at radius 2 is 1.74 bits per heavy atom. The molecule has 100 valence electrons. The highest BCUT2D eigenvalue weighted by molar-refractivity contribution is 9.09. The van der Waals surface area contributed by atoms with Crippen molar-refractivity contribution < 1.29 is 0 Å². The van der Waals surface area contributed by atoms with E-state index < -0.39 is 0 Å². The standard InChI is InChI=1S/C18H21Br/c1-14-8-9-15(2)17(12-14)13-18(19)11-10-16-6-4-3-5-7-16/h3-9,12,18H,10-11,13H2,1-2H3. The minimum atomic E-state index is 0.549. The van der Waals surface area contributed by atoms with Crippen molar-refractivity contribution in [3.05, 3.63) is 70.8 Å². The molecule has 0 aliphatic heterocycles. The van der Waals surface area contributed by atoms with Crippen LogP contribution in [0, 0.1) is 13.8 Å². The molecule has 0 amide bonds. The SMILES string of the molecule is Cc1ccc(C)c(CC(Br)CCc2ccccc2)c1. The minimum Gasteiger partial charge on any atom is -0.0887 e. The second-order valence-corrected chi connectivity index (χ2v) is 6.55. The van der Waals surface area contributed by atoms with Gasteiger partial charge in [-0.1, -0.05) is 70.0 Å². The maximum Gasteiger partial charge on any atom is 0.0189 e. The number of hydrogen-bond acceptors (Lipinski definition) is 0. The van der Waals surface area contributed by atoms with Gasteiger partial charge in [0.15, 0.2) is 0 Å². The lowest BCUT2D eigenvalue weighted by atomic mass is 9.99. The lowest BCUT2D eigenvalue weighted by molar-refractivity contribution is 0.760. The molecule has 0 heterocycles. The Balaban J connectivity index is 1.90. The summed E-state index contributed by atoms with van der Waals surface area (Å²) in [5.74, 6) is 0. The van der Waals surface area contributed by atoms with Crippen LogP contribution >= 0.6 is 15.9 Å². The molecule has 0 saturated heterocycles. The van der Waals surface area contributed by atoms with Crippen molar-refractivity contribution in [2.75, 3.05) is 0 Å². The second kappa shape index (κ2) is 6.91. The molecule has 0 N–H and O–H groups in total. The van der Waals surface area contributed by atoms with Gasteiger partial charge in [0.05, 0.1) is 0 Å². The van der Waals surface area contributed by atoms with Crippen LogP contribution < -0.4 is 0 Å². The fourth-order valence-corrected chi connectivity index (χ4v) is 2.91. The topological polar surface area (TPSA) is 0 Å². The van der Waals surface area contributed by atoms with Gasteiger partial charge in [0, 0.05) is 4.83 Å². The molecule has 0 radical (unpaired) electrons. The number of benzene rings is 2. The predicted octanol–water partition coefficient (Wildman–Crippen LogP) is 5.24. The molecule has 0 saturated carbocycles. The van der Waals surface area contributed by atoms with E-state index in [1.54, 1.807) is 0 Å². The van der Waals surface area contributed by atoms with Crippen molar-refractivity contribution in [1.82, 2.24) is 0 Å². The van der Waals surface area contributed by atoms with Gasteiger partial charge in [-0.15, -0.1) is 0 Å². The third-order valence-corrected chi connectivity index (χ3v) is 4.32. The molecular weight excluding hydrogens is 296 g/mol. The Morgan fingerprint density at radius 1 is 1.00 bits per heavy atom. The summed E-state index contributed by atoms with van der Waals surface area (Å²) in [6.45, 7) is 4.36. The van der Waals surface area contributed by atoms with Gasteiger partial charge in [-0.25, -0.2) is 0 Å². The van der Waals surface area contributed by atoms with Gasteiger partial charge in [-0.3, -0.25) is 0 Å². The van der Waals surface area contributed by atoms with Crippen LogP contribution in [0.2, 0.25) is 0 Å². The van der Waals surface area contributed by atoms with Crippen LogP contribution in [0.4, 0.5) is 0 Å². The fraction of sp³-hybridized carbons (Fsp3) is 0.333. The molecule has 0 nitrogen and oxygen atoms in total. The van der Waals surface area contributed by atoms with Crippen molar-refractivity contribution in [2.45, 2.75) is 37.9 Å². The Labute approximate surface area is 125 Å². The highest BCUT2D eigenvalue weighted by Crippen LogP contribution is 2.19. The third-order valence-electron chi connectivity index (χ3n) is 3.54. The first-order valence-corrected chi connectivity index (χ1v) is 7.81. The van der Waals surface area contributed by atoms with Crippen LogP contribution in [0.3, 0.4) is 0 Å². The summed E-state index contributed by atoms with van der Waals surface area (Å²) in [6.07, 6.45) is 3.43. The maximum atomic E-state index is 3.83. The molecule has 1 heteroatoms. The largest absolute Gasteiger partial charge is 0.0887 e. The first-order chi connectivity index (χ1) is 9.15. The van der Waals surface area contributed by atoms with Crippen LogP contribution in [0.25, 0.3) is 0 Å². The minimum absolute atomic E-state index is 0.549. The summed E-state index contributed by atoms with van der Waals surface area (Å²) in [4.78, 5) is 0.549. The molecule has 2 rings (SSSR count). The van der Waals surface area contributed by atoms with Gasteiger partial charge < -0.3 is 0 Å². The van der Waals surface area contributed by atoms with Gasteiger partial charge >= 0.3 is 0 Å². The summed E-state index contributed by atoms with van der Waals surface area (Å²) in [5.41, 5.74) is 5.64. The molecule has 0 spiro atoms. The van der Waals surface area contributed by atoms with Crippen LogP contribution in [0.1, 0.15) is 28.7 Å². The quantitative estimate of drug-likeness (QED) is 0.661. The summed E-state index contributed by atoms with van der Waals surface area (Å²) in [6, 6.07) is 17.4. The average Bonchev–Trinajstić information content (AvgIpc) is 2.42. The van der Waals surface area contributed by atoms with Gasteiger partial charge in [0.25, 0.3) is 0 Å². The van der Waals surface area contributed by atoms with E-state index in [-0.39, 0.29) is 0 Å². The van der Waals surface area contributed by atoms with Crippen LogP contribution in [-0.2, 0) is 12.8 Å². The fourth-order valence-electron chi connectivity index (χ4n) is 2.33.